The van der Waals surface area contributed by atoms with Crippen LogP contribution in [-0.4, -0.2) is 22.1 Å². The minimum atomic E-state index is -4.25. The van der Waals surface area contributed by atoms with E-state index in [4.69, 9.17) is 4.98 Å². The number of halogens is 3. The zero-order valence-corrected chi connectivity index (χ0v) is 34.9. The molecule has 3 aromatic carbocycles. The Labute approximate surface area is 327 Å². The fourth-order valence-corrected chi connectivity index (χ4v) is 8.08. The van der Waals surface area contributed by atoms with Gasteiger partial charge in [-0.3, -0.25) is 9.78 Å². The molecule has 2 aliphatic rings. The molecule has 4 aromatic rings. The summed E-state index contributed by atoms with van der Waals surface area (Å²) in [5, 5.41) is 12.0. The van der Waals surface area contributed by atoms with Crippen LogP contribution in [0.25, 0.3) is 33.7 Å². The van der Waals surface area contributed by atoms with Crippen LogP contribution in [-0.2, 0) is 42.2 Å². The van der Waals surface area contributed by atoms with Crippen molar-refractivity contribution in [1.82, 2.24) is 4.98 Å². The number of ketones is 1. The van der Waals surface area contributed by atoms with Crippen molar-refractivity contribution in [2.24, 2.45) is 17.3 Å². The molecule has 1 radical (unpaired) electrons. The van der Waals surface area contributed by atoms with Crippen molar-refractivity contribution in [2.45, 2.75) is 111 Å². The number of hydrogen-bond donors (Lipinski definition) is 1. The van der Waals surface area contributed by atoms with Crippen LogP contribution in [0.3, 0.4) is 0 Å². The first-order valence-corrected chi connectivity index (χ1v) is 18.7. The molecule has 0 saturated carbocycles. The van der Waals surface area contributed by atoms with Gasteiger partial charge in [-0.1, -0.05) is 122 Å². The Kier molecular flexibility index (Phi) is 12.8. The second-order valence-electron chi connectivity index (χ2n) is 15.8. The number of aliphatic hydroxyl groups is 1. The molecule has 53 heavy (non-hydrogen) atoms. The second kappa shape index (κ2) is 16.1. The minimum absolute atomic E-state index is 0. The number of rotatable bonds is 10. The molecule has 0 fully saturated rings. The van der Waals surface area contributed by atoms with E-state index in [9.17, 15) is 23.1 Å². The molecule has 1 N–H and O–H groups in total. The fourth-order valence-electron chi connectivity index (χ4n) is 8.08. The van der Waals surface area contributed by atoms with Crippen molar-refractivity contribution in [3.8, 4) is 11.3 Å². The largest absolute Gasteiger partial charge is 0.512 e. The molecule has 0 spiro atoms. The second-order valence-corrected chi connectivity index (χ2v) is 15.8. The van der Waals surface area contributed by atoms with Crippen LogP contribution in [0.4, 0.5) is 13.2 Å². The number of hydrogen-bond acceptors (Lipinski definition) is 3. The third kappa shape index (κ3) is 7.71. The molecule has 7 heteroatoms. The summed E-state index contributed by atoms with van der Waals surface area (Å²) in [6.45, 7) is 17.4. The van der Waals surface area contributed by atoms with Crippen LogP contribution in [0.15, 0.2) is 78.7 Å². The molecule has 0 aliphatic heterocycles. The third-order valence-electron chi connectivity index (χ3n) is 12.0. The van der Waals surface area contributed by atoms with E-state index >= 15 is 0 Å². The monoisotopic (exact) mass is 901 g/mol. The first-order chi connectivity index (χ1) is 24.4. The van der Waals surface area contributed by atoms with Gasteiger partial charge in [0.1, 0.15) is 0 Å². The van der Waals surface area contributed by atoms with Gasteiger partial charge in [0.25, 0.3) is 0 Å². The maximum absolute atomic E-state index is 13.5. The predicted molar refractivity (Wildman–Crippen MR) is 208 cm³/mol. The first kappa shape index (κ1) is 42.2. The number of carbonyl (C=O) groups is 1. The number of alkyl halides is 3. The van der Waals surface area contributed by atoms with E-state index in [0.717, 1.165) is 58.8 Å². The van der Waals surface area contributed by atoms with Gasteiger partial charge in [0.2, 0.25) is 0 Å². The molecule has 0 bridgehead atoms. The van der Waals surface area contributed by atoms with Gasteiger partial charge in [-0.2, -0.15) is 13.2 Å². The summed E-state index contributed by atoms with van der Waals surface area (Å²) in [5.41, 5.74) is 6.02. The number of carbonyl (C=O) groups excluding carboxylic acids is 1. The molecule has 6 rings (SSSR count). The third-order valence-corrected chi connectivity index (χ3v) is 12.0. The van der Waals surface area contributed by atoms with E-state index in [2.05, 4.69) is 57.2 Å². The standard InChI is InChI=1S/C33H29F3N.C13H24O2.Ir/c1-30(2,33(34,35)36)19-20-10-12-21(13-11-20)26-18-24-14-15-37-29-25-16-22-8-6-7-9-23(22)17-27(25)31(3,4)32(26,5)28(24)29;1-5-10(6-2)12(14)9-13(15)11(7-3)8-4;/h6-15,17-18H,19H2,1-5H3;9-11,14H,5-8H2,1-4H3;/q-1;;/b;12-9-;. The summed E-state index contributed by atoms with van der Waals surface area (Å²) in [4.78, 5) is 16.6. The summed E-state index contributed by atoms with van der Waals surface area (Å²) in [6, 6.07) is 24.0. The molecule has 2 aliphatic carbocycles. The number of allylic oxidation sites excluding steroid dienone is 3. The van der Waals surface area contributed by atoms with E-state index in [0.29, 0.717) is 5.56 Å². The van der Waals surface area contributed by atoms with Gasteiger partial charge in [-0.25, -0.2) is 0 Å². The fraction of sp³-hybridized carbons (Fsp3) is 0.435. The summed E-state index contributed by atoms with van der Waals surface area (Å²) in [5.74, 6) is 0.547. The Hall–Kier alpha value is -3.54. The normalized spacial score (nSPS) is 17.5. The van der Waals surface area contributed by atoms with E-state index in [1.807, 2.05) is 70.3 Å². The van der Waals surface area contributed by atoms with E-state index in [1.165, 1.54) is 36.6 Å². The summed E-state index contributed by atoms with van der Waals surface area (Å²) in [7, 11) is 0. The van der Waals surface area contributed by atoms with Crippen LogP contribution in [0.2, 0.25) is 0 Å². The Morgan fingerprint density at radius 3 is 2.09 bits per heavy atom. The zero-order chi connectivity index (χ0) is 38.2. The van der Waals surface area contributed by atoms with Gasteiger partial charge in [0.15, 0.2) is 5.78 Å². The SMILES string of the molecule is CC(C)(Cc1ccc(C2=Cc3ccnc4c3C2(C)C(C)(C)c2cc3ccccc3[c-]c2-4)cc1)C(F)(F)F.CCC(CC)C(=O)/C=C(\O)C(CC)CC.[Ir]. The van der Waals surface area contributed by atoms with Crippen LogP contribution in [0.1, 0.15) is 116 Å². The van der Waals surface area contributed by atoms with Gasteiger partial charge in [-0.05, 0) is 71.4 Å². The molecule has 0 saturated heterocycles. The van der Waals surface area contributed by atoms with Crippen LogP contribution < -0.4 is 0 Å². The van der Waals surface area contributed by atoms with Gasteiger partial charge in [-0.15, -0.1) is 29.1 Å². The predicted octanol–water partition coefficient (Wildman–Crippen LogP) is 12.8. The molecule has 1 heterocycles. The summed E-state index contributed by atoms with van der Waals surface area (Å²) < 4.78 is 40.4. The molecule has 1 atom stereocenters. The average Bonchev–Trinajstić information content (AvgIpc) is 3.42. The van der Waals surface area contributed by atoms with Gasteiger partial charge < -0.3 is 5.11 Å². The molecular weight excluding hydrogens is 848 g/mol. The Balaban J connectivity index is 0.000000335. The van der Waals surface area contributed by atoms with Crippen LogP contribution >= 0.6 is 0 Å². The molecule has 0 amide bonds. The summed E-state index contributed by atoms with van der Waals surface area (Å²) >= 11 is 0. The van der Waals surface area contributed by atoms with Crippen molar-refractivity contribution in [1.29, 1.82) is 0 Å². The number of aromatic nitrogens is 1. The topological polar surface area (TPSA) is 50.2 Å². The number of nitrogens with zero attached hydrogens (tertiary/aromatic N) is 1. The van der Waals surface area contributed by atoms with Crippen molar-refractivity contribution < 1.29 is 43.2 Å². The van der Waals surface area contributed by atoms with Gasteiger partial charge in [0, 0.05) is 55.3 Å². The van der Waals surface area contributed by atoms with Gasteiger partial charge in [0.05, 0.1) is 11.2 Å². The maximum Gasteiger partial charge on any atom is 0.394 e. The molecule has 1 aromatic heterocycles. The number of benzene rings is 3. The van der Waals surface area contributed by atoms with Gasteiger partial charge >= 0.3 is 6.18 Å². The number of aliphatic hydroxyl groups excluding tert-OH is 1. The minimum Gasteiger partial charge on any atom is -0.512 e. The molecular formula is C46H53F3IrNO2-. The molecule has 285 valence electrons. The Morgan fingerprint density at radius 2 is 1.51 bits per heavy atom. The van der Waals surface area contributed by atoms with Crippen molar-refractivity contribution in [2.75, 3.05) is 0 Å². The Bertz CT molecular complexity index is 2000. The quantitative estimate of drug-likeness (QED) is 0.0980. The van der Waals surface area contributed by atoms with Crippen LogP contribution in [0, 0.1) is 23.3 Å². The summed E-state index contributed by atoms with van der Waals surface area (Å²) in [6.07, 6.45) is 4.70. The zero-order valence-electron chi connectivity index (χ0n) is 32.5. The molecule has 1 unspecified atom stereocenters. The average molecular weight is 901 g/mol. The molecule has 3 nitrogen and oxygen atoms in total. The smallest absolute Gasteiger partial charge is 0.394 e. The van der Waals surface area contributed by atoms with Crippen LogP contribution in [0.5, 0.6) is 0 Å². The van der Waals surface area contributed by atoms with E-state index < -0.39 is 11.6 Å². The van der Waals surface area contributed by atoms with E-state index in [1.54, 1.807) is 0 Å². The van der Waals surface area contributed by atoms with Crippen molar-refractivity contribution >= 4 is 28.2 Å². The Morgan fingerprint density at radius 1 is 0.906 bits per heavy atom. The van der Waals surface area contributed by atoms with Crippen molar-refractivity contribution in [3.05, 3.63) is 113 Å². The maximum atomic E-state index is 13.5. The van der Waals surface area contributed by atoms with Crippen molar-refractivity contribution in [3.63, 3.8) is 0 Å². The number of fused-ring (bicyclic) bond motifs is 3. The van der Waals surface area contributed by atoms with E-state index in [-0.39, 0.29) is 60.7 Å². The first-order valence-electron chi connectivity index (χ1n) is 18.7. The number of pyridine rings is 1.